The molecule has 2 heterocycles. The number of halogens is 1. The third kappa shape index (κ3) is 2.76. The first-order chi connectivity index (χ1) is 10.6. The predicted molar refractivity (Wildman–Crippen MR) is 83.7 cm³/mol. The average Bonchev–Trinajstić information content (AvgIpc) is 2.67. The second-order valence-electron chi connectivity index (χ2n) is 5.49. The summed E-state index contributed by atoms with van der Waals surface area (Å²) < 4.78 is 1.24. The van der Waals surface area contributed by atoms with Gasteiger partial charge in [0.05, 0.1) is 11.2 Å². The van der Waals surface area contributed by atoms with Crippen LogP contribution in [0.1, 0.15) is 16.7 Å². The van der Waals surface area contributed by atoms with Crippen LogP contribution in [0.15, 0.2) is 35.3 Å². The Kier molecular flexibility index (Phi) is 3.98. The van der Waals surface area contributed by atoms with Gasteiger partial charge in [-0.1, -0.05) is 35.9 Å². The van der Waals surface area contributed by atoms with Gasteiger partial charge in [0.25, 0.3) is 5.56 Å². The molecule has 1 aromatic carbocycles. The number of benzene rings is 1. The Morgan fingerprint density at radius 1 is 1.32 bits per heavy atom. The van der Waals surface area contributed by atoms with Crippen molar-refractivity contribution in [1.29, 1.82) is 0 Å². The van der Waals surface area contributed by atoms with Crippen LogP contribution in [0, 0.1) is 5.92 Å². The van der Waals surface area contributed by atoms with E-state index < -0.39 is 0 Å². The van der Waals surface area contributed by atoms with Gasteiger partial charge in [-0.15, -0.1) is 0 Å². The smallest absolute Gasteiger partial charge is 0.271 e. The number of rotatable bonds is 2. The molecular weight excluding hydrogens is 302 g/mol. The van der Waals surface area contributed by atoms with E-state index in [-0.39, 0.29) is 17.4 Å². The van der Waals surface area contributed by atoms with E-state index in [2.05, 4.69) is 10.4 Å². The minimum atomic E-state index is -0.309. The fraction of sp³-hybridized carbons (Fsp3) is 0.312. The number of aryl methyl sites for hydroxylation is 1. The molecular formula is C16H16ClN3O2. The van der Waals surface area contributed by atoms with Gasteiger partial charge in [0, 0.05) is 25.1 Å². The molecule has 1 aliphatic rings. The maximum absolute atomic E-state index is 12.3. The second-order valence-corrected chi connectivity index (χ2v) is 5.90. The zero-order valence-electron chi connectivity index (χ0n) is 12.2. The van der Waals surface area contributed by atoms with Crippen molar-refractivity contribution in [2.45, 2.75) is 19.4 Å². The lowest BCUT2D eigenvalue weighted by Crippen LogP contribution is -2.33. The number of nitrogens with zero attached hydrogens (tertiary/aromatic N) is 2. The Morgan fingerprint density at radius 3 is 2.82 bits per heavy atom. The highest BCUT2D eigenvalue weighted by molar-refractivity contribution is 6.31. The molecule has 0 spiro atoms. The topological polar surface area (TPSA) is 64.0 Å². The summed E-state index contributed by atoms with van der Waals surface area (Å²) in [6.45, 7) is 0.521. The molecule has 1 atom stereocenters. The third-order valence-electron chi connectivity index (χ3n) is 4.04. The van der Waals surface area contributed by atoms with Crippen LogP contribution in [-0.4, -0.2) is 15.7 Å². The molecule has 5 nitrogen and oxygen atoms in total. The van der Waals surface area contributed by atoms with Crippen molar-refractivity contribution in [2.24, 2.45) is 13.0 Å². The lowest BCUT2D eigenvalue weighted by atomic mass is 9.92. The second kappa shape index (κ2) is 5.93. The number of hydrogen-bond acceptors (Lipinski definition) is 3. The molecule has 0 saturated carbocycles. The van der Waals surface area contributed by atoms with Crippen molar-refractivity contribution < 1.29 is 4.79 Å². The summed E-state index contributed by atoms with van der Waals surface area (Å²) in [6.07, 6.45) is 2.36. The van der Waals surface area contributed by atoms with E-state index in [4.69, 9.17) is 11.6 Å². The number of hydrogen-bond donors (Lipinski definition) is 1. The number of carbonyl (C=O) groups is 1. The fourth-order valence-corrected chi connectivity index (χ4v) is 2.98. The SMILES string of the molecule is Cn1ncc(Cl)c(C[C@@H]2Cc3ccccc3CNC2=O)c1=O. The number of amides is 1. The molecule has 0 aliphatic carbocycles. The van der Waals surface area contributed by atoms with Crippen LogP contribution in [0.2, 0.25) is 5.02 Å². The summed E-state index contributed by atoms with van der Waals surface area (Å²) in [7, 11) is 1.57. The Hall–Kier alpha value is -2.14. The van der Waals surface area contributed by atoms with Crippen LogP contribution < -0.4 is 10.9 Å². The predicted octanol–water partition coefficient (Wildman–Crippen LogP) is 1.46. The number of fused-ring (bicyclic) bond motifs is 1. The van der Waals surface area contributed by atoms with E-state index in [1.165, 1.54) is 10.9 Å². The van der Waals surface area contributed by atoms with Gasteiger partial charge in [0.1, 0.15) is 0 Å². The monoisotopic (exact) mass is 317 g/mol. The molecule has 1 N–H and O–H groups in total. The van der Waals surface area contributed by atoms with E-state index in [0.29, 0.717) is 30.0 Å². The molecule has 0 saturated heterocycles. The standard InChI is InChI=1S/C16H16ClN3O2/c1-20-16(22)13(14(17)9-19-20)7-12-6-10-4-2-3-5-11(10)8-18-15(12)21/h2-5,9,12H,6-8H2,1H3,(H,18,21)/t12-/m0/s1. The van der Waals surface area contributed by atoms with E-state index in [1.54, 1.807) is 7.05 Å². The molecule has 2 aromatic rings. The molecule has 1 aliphatic heterocycles. The van der Waals surface area contributed by atoms with Gasteiger partial charge in [0.15, 0.2) is 0 Å². The van der Waals surface area contributed by atoms with Gasteiger partial charge >= 0.3 is 0 Å². The van der Waals surface area contributed by atoms with Crippen molar-refractivity contribution in [3.63, 3.8) is 0 Å². The molecule has 0 unspecified atom stereocenters. The highest BCUT2D eigenvalue weighted by Gasteiger charge is 2.26. The minimum Gasteiger partial charge on any atom is -0.352 e. The highest BCUT2D eigenvalue weighted by atomic mass is 35.5. The van der Waals surface area contributed by atoms with Gasteiger partial charge < -0.3 is 5.32 Å². The molecule has 0 bridgehead atoms. The lowest BCUT2D eigenvalue weighted by Gasteiger charge is -2.14. The summed E-state index contributed by atoms with van der Waals surface area (Å²) in [4.78, 5) is 24.5. The minimum absolute atomic E-state index is 0.0499. The molecule has 6 heteroatoms. The van der Waals surface area contributed by atoms with Crippen molar-refractivity contribution in [2.75, 3.05) is 0 Å². The third-order valence-corrected chi connectivity index (χ3v) is 4.37. The first-order valence-electron chi connectivity index (χ1n) is 7.11. The highest BCUT2D eigenvalue weighted by Crippen LogP contribution is 2.22. The van der Waals surface area contributed by atoms with Gasteiger partial charge in [0.2, 0.25) is 5.91 Å². The van der Waals surface area contributed by atoms with Crippen LogP contribution >= 0.6 is 11.6 Å². The van der Waals surface area contributed by atoms with Gasteiger partial charge in [-0.2, -0.15) is 5.10 Å². The summed E-state index contributed by atoms with van der Waals surface area (Å²) in [6, 6.07) is 7.95. The maximum atomic E-state index is 12.3. The van der Waals surface area contributed by atoms with Crippen molar-refractivity contribution >= 4 is 17.5 Å². The van der Waals surface area contributed by atoms with Crippen molar-refractivity contribution in [3.8, 4) is 0 Å². The molecule has 0 fully saturated rings. The molecule has 1 aromatic heterocycles. The van der Waals surface area contributed by atoms with Crippen molar-refractivity contribution in [3.05, 3.63) is 62.5 Å². The number of carbonyl (C=O) groups excluding carboxylic acids is 1. The summed E-state index contributed by atoms with van der Waals surface area (Å²) in [5, 5.41) is 7.11. The van der Waals surface area contributed by atoms with E-state index in [0.717, 1.165) is 11.1 Å². The fourth-order valence-electron chi connectivity index (χ4n) is 2.78. The summed E-state index contributed by atoms with van der Waals surface area (Å²) in [5.74, 6) is -0.359. The van der Waals surface area contributed by atoms with Crippen LogP contribution in [0.5, 0.6) is 0 Å². The molecule has 114 valence electrons. The number of aromatic nitrogens is 2. The molecule has 3 rings (SSSR count). The van der Waals surface area contributed by atoms with Gasteiger partial charge in [-0.3, -0.25) is 9.59 Å². The van der Waals surface area contributed by atoms with Gasteiger partial charge in [-0.25, -0.2) is 4.68 Å². The van der Waals surface area contributed by atoms with Crippen LogP contribution in [-0.2, 0) is 31.2 Å². The number of nitrogens with one attached hydrogen (secondary N) is 1. The Labute approximate surface area is 132 Å². The quantitative estimate of drug-likeness (QED) is 0.912. The normalized spacial score (nSPS) is 17.5. The van der Waals surface area contributed by atoms with Crippen molar-refractivity contribution in [1.82, 2.24) is 15.1 Å². The molecule has 0 radical (unpaired) electrons. The first-order valence-corrected chi connectivity index (χ1v) is 7.49. The molecule has 1 amide bonds. The van der Waals surface area contributed by atoms with E-state index in [1.807, 2.05) is 24.3 Å². The largest absolute Gasteiger partial charge is 0.352 e. The van der Waals surface area contributed by atoms with Crippen LogP contribution in [0.4, 0.5) is 0 Å². The average molecular weight is 318 g/mol. The Balaban J connectivity index is 1.94. The Morgan fingerprint density at radius 2 is 2.05 bits per heavy atom. The van der Waals surface area contributed by atoms with Crippen LogP contribution in [0.25, 0.3) is 0 Å². The Bertz CT molecular complexity index is 785. The first kappa shape index (κ1) is 14.8. The van der Waals surface area contributed by atoms with Gasteiger partial charge in [-0.05, 0) is 24.0 Å². The zero-order valence-corrected chi connectivity index (χ0v) is 12.9. The summed E-state index contributed by atoms with van der Waals surface area (Å²) in [5.41, 5.74) is 2.44. The van der Waals surface area contributed by atoms with E-state index >= 15 is 0 Å². The summed E-state index contributed by atoms with van der Waals surface area (Å²) >= 11 is 6.10. The zero-order chi connectivity index (χ0) is 15.7. The lowest BCUT2D eigenvalue weighted by molar-refractivity contribution is -0.124. The van der Waals surface area contributed by atoms with Crippen LogP contribution in [0.3, 0.4) is 0 Å². The van der Waals surface area contributed by atoms with E-state index in [9.17, 15) is 9.59 Å². The maximum Gasteiger partial charge on any atom is 0.271 e. The molecule has 22 heavy (non-hydrogen) atoms.